The lowest BCUT2D eigenvalue weighted by atomic mass is 10.1. The molecule has 0 saturated heterocycles. The second-order valence-electron chi connectivity index (χ2n) is 7.59. The highest BCUT2D eigenvalue weighted by Gasteiger charge is 2.26. The third kappa shape index (κ3) is 4.82. The van der Waals surface area contributed by atoms with Crippen LogP contribution in [0.5, 0.6) is 23.1 Å². The van der Waals surface area contributed by atoms with Crippen LogP contribution in [0.3, 0.4) is 0 Å². The van der Waals surface area contributed by atoms with Crippen molar-refractivity contribution < 1.29 is 32.9 Å². The Morgan fingerprint density at radius 3 is 2.34 bits per heavy atom. The van der Waals surface area contributed by atoms with Crippen molar-refractivity contribution in [2.45, 2.75) is 26.4 Å². The van der Waals surface area contributed by atoms with Gasteiger partial charge in [-0.25, -0.2) is 13.7 Å². The molecule has 32 heavy (non-hydrogen) atoms. The van der Waals surface area contributed by atoms with Crippen molar-refractivity contribution in [1.29, 1.82) is 0 Å². The first-order valence-corrected chi connectivity index (χ1v) is 10.6. The lowest BCUT2D eigenvalue weighted by molar-refractivity contribution is 0.0635. The van der Waals surface area contributed by atoms with Gasteiger partial charge in [0.25, 0.3) is 5.88 Å². The van der Waals surface area contributed by atoms with Gasteiger partial charge in [-0.05, 0) is 20.8 Å². The van der Waals surface area contributed by atoms with Crippen LogP contribution in [-0.4, -0.2) is 55.9 Å². The van der Waals surface area contributed by atoms with Crippen molar-refractivity contribution in [2.75, 3.05) is 39.9 Å². The van der Waals surface area contributed by atoms with E-state index in [1.54, 1.807) is 37.4 Å². The Bertz CT molecular complexity index is 1080. The van der Waals surface area contributed by atoms with Crippen LogP contribution in [0.1, 0.15) is 20.8 Å². The Labute approximate surface area is 189 Å². The number of anilines is 1. The first-order valence-electron chi connectivity index (χ1n) is 9.71. The summed E-state index contributed by atoms with van der Waals surface area (Å²) < 4.78 is 41.4. The standard InChI is InChI=1S/C21H26FN3O6S/c1-21(2,3)31-20(26)23-17-18(29-6)24-25-13(11-32-19(17)25)16-14(27-4)9-12(30-8-7-22)10-15(16)28-5/h9-11H,7-8H2,1-6H3,(H,23,26). The van der Waals surface area contributed by atoms with Crippen LogP contribution in [0.25, 0.3) is 16.1 Å². The molecule has 0 aliphatic heterocycles. The molecule has 3 rings (SSSR count). The first kappa shape index (κ1) is 23.5. The van der Waals surface area contributed by atoms with Gasteiger partial charge in [0.2, 0.25) is 0 Å². The van der Waals surface area contributed by atoms with Crippen molar-refractivity contribution in [2.24, 2.45) is 0 Å². The average molecular weight is 468 g/mol. The highest BCUT2D eigenvalue weighted by molar-refractivity contribution is 7.16. The van der Waals surface area contributed by atoms with Gasteiger partial charge in [-0.15, -0.1) is 16.4 Å². The van der Waals surface area contributed by atoms with Gasteiger partial charge in [0.05, 0.1) is 32.6 Å². The summed E-state index contributed by atoms with van der Waals surface area (Å²) in [5, 5.41) is 9.05. The quantitative estimate of drug-likeness (QED) is 0.509. The Morgan fingerprint density at radius 1 is 1.16 bits per heavy atom. The van der Waals surface area contributed by atoms with E-state index in [-0.39, 0.29) is 12.5 Å². The van der Waals surface area contributed by atoms with Gasteiger partial charge in [-0.3, -0.25) is 5.32 Å². The number of fused-ring (bicyclic) bond motifs is 1. The third-order valence-corrected chi connectivity index (χ3v) is 5.16. The number of thiazole rings is 1. The molecule has 0 saturated carbocycles. The zero-order valence-corrected chi connectivity index (χ0v) is 19.6. The van der Waals surface area contributed by atoms with Crippen LogP contribution < -0.4 is 24.3 Å². The zero-order chi connectivity index (χ0) is 23.5. The van der Waals surface area contributed by atoms with Crippen LogP contribution in [0, 0.1) is 0 Å². The Balaban J connectivity index is 2.09. The van der Waals surface area contributed by atoms with E-state index in [0.717, 1.165) is 0 Å². The second-order valence-corrected chi connectivity index (χ2v) is 8.45. The number of rotatable bonds is 8. The fourth-order valence-corrected chi connectivity index (χ4v) is 3.95. The summed E-state index contributed by atoms with van der Waals surface area (Å²) >= 11 is 1.35. The molecular weight excluding hydrogens is 441 g/mol. The number of carbonyl (C=O) groups is 1. The molecule has 2 aromatic heterocycles. The fraction of sp³-hybridized carbons (Fsp3) is 0.429. The molecule has 2 heterocycles. The predicted molar refractivity (Wildman–Crippen MR) is 119 cm³/mol. The number of nitrogens with zero attached hydrogens (tertiary/aromatic N) is 2. The molecule has 0 radical (unpaired) electrons. The van der Waals surface area contributed by atoms with Gasteiger partial charge in [-0.2, -0.15) is 0 Å². The number of halogens is 1. The molecule has 0 fully saturated rings. The van der Waals surface area contributed by atoms with E-state index in [9.17, 15) is 9.18 Å². The lowest BCUT2D eigenvalue weighted by Crippen LogP contribution is -2.27. The van der Waals surface area contributed by atoms with Crippen molar-refractivity contribution in [3.8, 4) is 34.4 Å². The smallest absolute Gasteiger partial charge is 0.412 e. The van der Waals surface area contributed by atoms with E-state index < -0.39 is 18.4 Å². The van der Waals surface area contributed by atoms with Crippen LogP contribution in [-0.2, 0) is 4.74 Å². The molecule has 9 nitrogen and oxygen atoms in total. The van der Waals surface area contributed by atoms with E-state index in [2.05, 4.69) is 10.4 Å². The minimum absolute atomic E-state index is 0.0790. The molecule has 0 spiro atoms. The monoisotopic (exact) mass is 467 g/mol. The highest BCUT2D eigenvalue weighted by Crippen LogP contribution is 2.45. The molecule has 174 valence electrons. The van der Waals surface area contributed by atoms with E-state index in [4.69, 9.17) is 23.7 Å². The third-order valence-electron chi connectivity index (χ3n) is 4.22. The van der Waals surface area contributed by atoms with Gasteiger partial charge in [0.1, 0.15) is 46.6 Å². The van der Waals surface area contributed by atoms with Gasteiger partial charge in [0, 0.05) is 17.5 Å². The fourth-order valence-electron chi connectivity index (χ4n) is 3.02. The zero-order valence-electron chi connectivity index (χ0n) is 18.8. The van der Waals surface area contributed by atoms with Crippen molar-refractivity contribution >= 4 is 27.9 Å². The van der Waals surface area contributed by atoms with Crippen molar-refractivity contribution in [3.63, 3.8) is 0 Å². The molecule has 11 heteroatoms. The highest BCUT2D eigenvalue weighted by atomic mass is 32.1. The molecule has 1 amide bonds. The molecule has 0 unspecified atom stereocenters. The van der Waals surface area contributed by atoms with Crippen LogP contribution in [0.15, 0.2) is 17.5 Å². The lowest BCUT2D eigenvalue weighted by Gasteiger charge is -2.19. The molecule has 0 aliphatic carbocycles. The number of hydrogen-bond donors (Lipinski definition) is 1. The van der Waals surface area contributed by atoms with E-state index in [1.807, 2.05) is 5.38 Å². The van der Waals surface area contributed by atoms with Crippen LogP contribution in [0.2, 0.25) is 0 Å². The molecular formula is C21H26FN3O6S. The first-order chi connectivity index (χ1) is 15.2. The number of benzene rings is 1. The number of methoxy groups -OCH3 is 3. The molecule has 0 aliphatic rings. The van der Waals surface area contributed by atoms with E-state index >= 15 is 0 Å². The SMILES string of the molecule is COc1cc(OCCF)cc(OC)c1-c1csc2c(NC(=O)OC(C)(C)C)c(OC)nn12. The number of aromatic nitrogens is 2. The minimum atomic E-state index is -0.656. The van der Waals surface area contributed by atoms with Gasteiger partial charge < -0.3 is 23.7 Å². The van der Waals surface area contributed by atoms with Gasteiger partial charge >= 0.3 is 6.09 Å². The summed E-state index contributed by atoms with van der Waals surface area (Å²) in [7, 11) is 4.49. The number of carbonyl (C=O) groups excluding carboxylic acids is 1. The molecule has 0 atom stereocenters. The number of ether oxygens (including phenoxy) is 5. The molecule has 1 N–H and O–H groups in total. The maximum atomic E-state index is 12.5. The Hall–Kier alpha value is -3.21. The van der Waals surface area contributed by atoms with Gasteiger partial charge in [-0.1, -0.05) is 0 Å². The van der Waals surface area contributed by atoms with Gasteiger partial charge in [0.15, 0.2) is 0 Å². The summed E-state index contributed by atoms with van der Waals surface area (Å²) in [6.45, 7) is 4.64. The average Bonchev–Trinajstić information content (AvgIpc) is 3.29. The number of nitrogens with one attached hydrogen (secondary N) is 1. The van der Waals surface area contributed by atoms with Crippen molar-refractivity contribution in [1.82, 2.24) is 9.61 Å². The summed E-state index contributed by atoms with van der Waals surface area (Å²) in [6, 6.07) is 3.30. The summed E-state index contributed by atoms with van der Waals surface area (Å²) in [4.78, 5) is 13.0. The molecule has 1 aromatic carbocycles. The maximum Gasteiger partial charge on any atom is 0.412 e. The van der Waals surface area contributed by atoms with Crippen LogP contribution in [0.4, 0.5) is 14.9 Å². The van der Waals surface area contributed by atoms with Crippen LogP contribution >= 0.6 is 11.3 Å². The molecule has 3 aromatic rings. The predicted octanol–water partition coefficient (Wildman–Crippen LogP) is 4.78. The number of amides is 1. The number of alkyl halides is 1. The topological polar surface area (TPSA) is 92.5 Å². The Morgan fingerprint density at radius 2 is 1.81 bits per heavy atom. The van der Waals surface area contributed by atoms with E-state index in [1.165, 1.54) is 32.7 Å². The largest absolute Gasteiger partial charge is 0.496 e. The normalized spacial score (nSPS) is 11.3. The maximum absolute atomic E-state index is 12.5. The summed E-state index contributed by atoms with van der Waals surface area (Å²) in [5.74, 6) is 1.55. The minimum Gasteiger partial charge on any atom is -0.496 e. The molecule has 0 bridgehead atoms. The second kappa shape index (κ2) is 9.51. The van der Waals surface area contributed by atoms with Crippen molar-refractivity contribution in [3.05, 3.63) is 17.5 Å². The van der Waals surface area contributed by atoms with E-state index in [0.29, 0.717) is 39.0 Å². The Kier molecular flexibility index (Phi) is 6.97. The number of hydrogen-bond acceptors (Lipinski definition) is 8. The summed E-state index contributed by atoms with van der Waals surface area (Å²) in [6.07, 6.45) is -0.620. The summed E-state index contributed by atoms with van der Waals surface area (Å²) in [5.41, 5.74) is 0.990.